The molecule has 0 saturated carbocycles. The maximum Gasteiger partial charge on any atom is 0.274 e. The fourth-order valence-corrected chi connectivity index (χ4v) is 4.14. The molecule has 1 saturated heterocycles. The van der Waals surface area contributed by atoms with Crippen LogP contribution in [0, 0.1) is 6.92 Å². The molecule has 2 amide bonds. The van der Waals surface area contributed by atoms with Gasteiger partial charge in [-0.25, -0.2) is 0 Å². The van der Waals surface area contributed by atoms with E-state index in [1.807, 2.05) is 38.1 Å². The molecule has 1 aliphatic rings. The minimum absolute atomic E-state index is 0.0831. The van der Waals surface area contributed by atoms with Crippen LogP contribution in [0.3, 0.4) is 0 Å². The van der Waals surface area contributed by atoms with E-state index in [1.54, 1.807) is 11.0 Å². The van der Waals surface area contributed by atoms with Crippen molar-refractivity contribution < 1.29 is 14.3 Å². The third kappa shape index (κ3) is 4.83. The van der Waals surface area contributed by atoms with E-state index in [2.05, 4.69) is 41.4 Å². The summed E-state index contributed by atoms with van der Waals surface area (Å²) in [6.07, 6.45) is 0.281. The van der Waals surface area contributed by atoms with Crippen LogP contribution in [0.2, 0.25) is 0 Å². The van der Waals surface area contributed by atoms with Gasteiger partial charge in [-0.1, -0.05) is 67.9 Å². The number of hydrogen-bond donors (Lipinski definition) is 2. The summed E-state index contributed by atoms with van der Waals surface area (Å²) < 4.78 is 5.96. The van der Waals surface area contributed by atoms with Crippen LogP contribution in [0.15, 0.2) is 54.6 Å². The standard InChI is InChI=1S/C26H30N4O3/c1-17(2)22-14-23(29-28-22)24(31)30-11-12-33-26(16-30,25(27)32)15-19-5-4-6-21(13-19)20-9-7-18(3)8-10-20/h4-10,13-14,17H,11-12,15-16H2,1-3H3,(H2,27,32)(H,28,29). The summed E-state index contributed by atoms with van der Waals surface area (Å²) in [6.45, 7) is 6.80. The van der Waals surface area contributed by atoms with Crippen LogP contribution in [0.1, 0.15) is 47.1 Å². The maximum atomic E-state index is 13.1. The zero-order chi connectivity index (χ0) is 23.6. The smallest absolute Gasteiger partial charge is 0.274 e. The highest BCUT2D eigenvalue weighted by Gasteiger charge is 2.44. The monoisotopic (exact) mass is 446 g/mol. The molecule has 7 nitrogen and oxygen atoms in total. The lowest BCUT2D eigenvalue weighted by Crippen LogP contribution is -2.61. The molecule has 172 valence electrons. The topological polar surface area (TPSA) is 101 Å². The molecule has 1 aromatic heterocycles. The van der Waals surface area contributed by atoms with E-state index < -0.39 is 11.5 Å². The molecule has 1 unspecified atom stereocenters. The molecule has 3 aromatic rings. The number of hydrogen-bond acceptors (Lipinski definition) is 4. The third-order valence-corrected chi connectivity index (χ3v) is 6.16. The highest BCUT2D eigenvalue weighted by Crippen LogP contribution is 2.27. The summed E-state index contributed by atoms with van der Waals surface area (Å²) in [4.78, 5) is 27.3. The normalized spacial score (nSPS) is 18.5. The van der Waals surface area contributed by atoms with Gasteiger partial charge in [-0.2, -0.15) is 5.10 Å². The number of nitrogens with two attached hydrogens (primary N) is 1. The van der Waals surface area contributed by atoms with Gasteiger partial charge in [0, 0.05) is 18.7 Å². The fourth-order valence-electron chi connectivity index (χ4n) is 4.14. The number of benzene rings is 2. The molecule has 1 fully saturated rings. The van der Waals surface area contributed by atoms with Crippen molar-refractivity contribution in [1.82, 2.24) is 15.1 Å². The Hall–Kier alpha value is -3.45. The summed E-state index contributed by atoms with van der Waals surface area (Å²) >= 11 is 0. The summed E-state index contributed by atoms with van der Waals surface area (Å²) in [7, 11) is 0. The molecule has 2 aromatic carbocycles. The Bertz CT molecular complexity index is 1150. The molecule has 0 aliphatic carbocycles. The molecule has 2 heterocycles. The number of morpholine rings is 1. The van der Waals surface area contributed by atoms with Crippen molar-refractivity contribution in [2.24, 2.45) is 5.73 Å². The number of aromatic nitrogens is 2. The Labute approximate surface area is 193 Å². The molecule has 0 spiro atoms. The number of amides is 2. The van der Waals surface area contributed by atoms with Gasteiger partial charge in [-0.3, -0.25) is 14.7 Å². The van der Waals surface area contributed by atoms with Crippen molar-refractivity contribution in [3.63, 3.8) is 0 Å². The average Bonchev–Trinajstić information content (AvgIpc) is 3.30. The minimum atomic E-state index is -1.29. The Morgan fingerprint density at radius 2 is 1.91 bits per heavy atom. The molecule has 1 atom stereocenters. The van der Waals surface area contributed by atoms with E-state index in [4.69, 9.17) is 10.5 Å². The number of carbonyl (C=O) groups excluding carboxylic acids is 2. The van der Waals surface area contributed by atoms with Crippen LogP contribution >= 0.6 is 0 Å². The van der Waals surface area contributed by atoms with E-state index >= 15 is 0 Å². The first-order valence-corrected chi connectivity index (χ1v) is 11.2. The van der Waals surface area contributed by atoms with Gasteiger partial charge in [0.2, 0.25) is 0 Å². The largest absolute Gasteiger partial charge is 0.367 e. The highest BCUT2D eigenvalue weighted by atomic mass is 16.5. The molecule has 0 radical (unpaired) electrons. The van der Waals surface area contributed by atoms with E-state index in [1.165, 1.54) is 5.56 Å². The van der Waals surface area contributed by atoms with Crippen molar-refractivity contribution in [1.29, 1.82) is 0 Å². The Balaban J connectivity index is 1.57. The number of ether oxygens (including phenoxy) is 1. The molecule has 4 rings (SSSR count). The number of carbonyl (C=O) groups is 2. The SMILES string of the molecule is Cc1ccc(-c2cccc(CC3(C(N)=O)CN(C(=O)c4cc(C(C)C)[nH]n4)CCO3)c2)cc1. The number of H-pyrrole nitrogens is 1. The van der Waals surface area contributed by atoms with Crippen LogP contribution in [-0.2, 0) is 16.0 Å². The van der Waals surface area contributed by atoms with Crippen molar-refractivity contribution in [3.8, 4) is 11.1 Å². The number of rotatable bonds is 6. The highest BCUT2D eigenvalue weighted by molar-refractivity contribution is 5.93. The first-order valence-electron chi connectivity index (χ1n) is 11.2. The summed E-state index contributed by atoms with van der Waals surface area (Å²) in [5.74, 6) is -0.583. The lowest BCUT2D eigenvalue weighted by molar-refractivity contribution is -0.153. The van der Waals surface area contributed by atoms with Crippen LogP contribution in [0.25, 0.3) is 11.1 Å². The zero-order valence-electron chi connectivity index (χ0n) is 19.3. The lowest BCUT2D eigenvalue weighted by atomic mass is 9.90. The fraction of sp³-hybridized carbons (Fsp3) is 0.346. The predicted molar refractivity (Wildman–Crippen MR) is 127 cm³/mol. The molecule has 33 heavy (non-hydrogen) atoms. The first-order chi connectivity index (χ1) is 15.8. The zero-order valence-corrected chi connectivity index (χ0v) is 19.3. The number of aromatic amines is 1. The van der Waals surface area contributed by atoms with E-state index in [-0.39, 0.29) is 31.4 Å². The summed E-state index contributed by atoms with van der Waals surface area (Å²) in [5, 5.41) is 7.08. The second-order valence-electron chi connectivity index (χ2n) is 9.04. The molecular weight excluding hydrogens is 416 g/mol. The Morgan fingerprint density at radius 1 is 1.15 bits per heavy atom. The van der Waals surface area contributed by atoms with Crippen LogP contribution < -0.4 is 5.73 Å². The van der Waals surface area contributed by atoms with Crippen LogP contribution in [-0.4, -0.2) is 52.2 Å². The van der Waals surface area contributed by atoms with Crippen molar-refractivity contribution in [2.45, 2.75) is 38.7 Å². The van der Waals surface area contributed by atoms with Gasteiger partial charge in [0.15, 0.2) is 5.60 Å². The van der Waals surface area contributed by atoms with Gasteiger partial charge in [0.05, 0.1) is 13.2 Å². The number of nitrogens with one attached hydrogen (secondary N) is 1. The molecular formula is C26H30N4O3. The van der Waals surface area contributed by atoms with Gasteiger partial charge in [0.1, 0.15) is 5.69 Å². The number of aryl methyl sites for hydroxylation is 1. The van der Waals surface area contributed by atoms with E-state index in [9.17, 15) is 9.59 Å². The predicted octanol–water partition coefficient (Wildman–Crippen LogP) is 3.45. The second-order valence-corrected chi connectivity index (χ2v) is 9.04. The second kappa shape index (κ2) is 9.19. The molecule has 3 N–H and O–H groups in total. The van der Waals surface area contributed by atoms with Gasteiger partial charge in [-0.15, -0.1) is 0 Å². The first kappa shape index (κ1) is 22.7. The Morgan fingerprint density at radius 3 is 2.58 bits per heavy atom. The minimum Gasteiger partial charge on any atom is -0.367 e. The van der Waals surface area contributed by atoms with Gasteiger partial charge < -0.3 is 15.4 Å². The molecule has 7 heteroatoms. The summed E-state index contributed by atoms with van der Waals surface area (Å²) in [5.41, 5.74) is 10.0. The molecule has 1 aliphatic heterocycles. The Kier molecular flexibility index (Phi) is 6.33. The van der Waals surface area contributed by atoms with E-state index in [0.717, 1.165) is 22.4 Å². The molecule has 0 bridgehead atoms. The average molecular weight is 447 g/mol. The van der Waals surface area contributed by atoms with Gasteiger partial charge in [-0.05, 0) is 35.6 Å². The third-order valence-electron chi connectivity index (χ3n) is 6.16. The van der Waals surface area contributed by atoms with Gasteiger partial charge in [0.25, 0.3) is 11.8 Å². The number of nitrogens with zero attached hydrogens (tertiary/aromatic N) is 2. The van der Waals surface area contributed by atoms with Gasteiger partial charge >= 0.3 is 0 Å². The van der Waals surface area contributed by atoms with E-state index in [0.29, 0.717) is 12.2 Å². The van der Waals surface area contributed by atoms with Crippen LogP contribution in [0.4, 0.5) is 0 Å². The summed E-state index contributed by atoms with van der Waals surface area (Å²) in [6, 6.07) is 18.0. The lowest BCUT2D eigenvalue weighted by Gasteiger charge is -2.40. The van der Waals surface area contributed by atoms with Crippen LogP contribution in [0.5, 0.6) is 0 Å². The van der Waals surface area contributed by atoms with Crippen molar-refractivity contribution in [2.75, 3.05) is 19.7 Å². The van der Waals surface area contributed by atoms with Crippen molar-refractivity contribution in [3.05, 3.63) is 77.1 Å². The van der Waals surface area contributed by atoms with Crippen molar-refractivity contribution >= 4 is 11.8 Å². The maximum absolute atomic E-state index is 13.1. The number of primary amides is 1. The quantitative estimate of drug-likeness (QED) is 0.606.